The highest BCUT2D eigenvalue weighted by molar-refractivity contribution is 7.17. The van der Waals surface area contributed by atoms with Crippen molar-refractivity contribution >= 4 is 22.4 Å². The molecule has 5 nitrogen and oxygen atoms in total. The summed E-state index contributed by atoms with van der Waals surface area (Å²) < 4.78 is 0. The third kappa shape index (κ3) is 3.89. The van der Waals surface area contributed by atoms with Gasteiger partial charge in [0.15, 0.2) is 0 Å². The Bertz CT molecular complexity index is 428. The molecular weight excluding hydrogens is 260 g/mol. The van der Waals surface area contributed by atoms with Gasteiger partial charge in [-0.2, -0.15) is 0 Å². The van der Waals surface area contributed by atoms with Crippen LogP contribution in [0.1, 0.15) is 49.8 Å². The Hall–Kier alpha value is -1.17. The summed E-state index contributed by atoms with van der Waals surface area (Å²) in [7, 11) is 0. The molecule has 1 fully saturated rings. The van der Waals surface area contributed by atoms with Crippen molar-refractivity contribution in [2.75, 3.05) is 18.4 Å². The minimum Gasteiger partial charge on any atom is -0.360 e. The average molecular weight is 282 g/mol. The first-order valence-corrected chi connectivity index (χ1v) is 7.81. The number of hydrogen-bond donors (Lipinski definition) is 1. The van der Waals surface area contributed by atoms with Gasteiger partial charge < -0.3 is 10.2 Å². The first-order valence-electron chi connectivity index (χ1n) is 7.00. The van der Waals surface area contributed by atoms with Gasteiger partial charge in [-0.1, -0.05) is 18.3 Å². The Morgan fingerprint density at radius 1 is 1.47 bits per heavy atom. The van der Waals surface area contributed by atoms with Crippen LogP contribution >= 0.6 is 11.3 Å². The van der Waals surface area contributed by atoms with E-state index in [1.165, 1.54) is 24.2 Å². The fraction of sp³-hybridized carbons (Fsp3) is 0.769. The molecule has 0 aliphatic heterocycles. The van der Waals surface area contributed by atoms with Crippen LogP contribution in [0.5, 0.6) is 0 Å². The molecule has 1 aromatic rings. The smallest absolute Gasteiger partial charge is 0.285 e. The molecule has 0 atom stereocenters. The van der Waals surface area contributed by atoms with Gasteiger partial charge in [-0.25, -0.2) is 0 Å². The summed E-state index contributed by atoms with van der Waals surface area (Å²) >= 11 is 1.35. The normalized spacial score (nSPS) is 14.7. The van der Waals surface area contributed by atoms with Gasteiger partial charge in [0.2, 0.25) is 10.1 Å². The predicted molar refractivity (Wildman–Crippen MR) is 77.6 cm³/mol. The number of carbonyl (C=O) groups is 1. The molecule has 1 aliphatic rings. The van der Waals surface area contributed by atoms with Crippen molar-refractivity contribution in [1.29, 1.82) is 0 Å². The zero-order chi connectivity index (χ0) is 13.8. The first-order chi connectivity index (χ1) is 9.11. The van der Waals surface area contributed by atoms with Gasteiger partial charge in [-0.15, -0.1) is 10.2 Å². The minimum atomic E-state index is 0.0175. The molecule has 1 saturated carbocycles. The fourth-order valence-corrected chi connectivity index (χ4v) is 2.57. The third-order valence-corrected chi connectivity index (χ3v) is 4.04. The van der Waals surface area contributed by atoms with Crippen LogP contribution in [0.4, 0.5) is 5.13 Å². The zero-order valence-electron chi connectivity index (χ0n) is 11.8. The molecule has 6 heteroatoms. The molecule has 0 saturated heterocycles. The third-order valence-electron chi connectivity index (χ3n) is 3.17. The van der Waals surface area contributed by atoms with E-state index in [1.807, 2.05) is 4.90 Å². The van der Waals surface area contributed by atoms with Gasteiger partial charge in [0.05, 0.1) is 0 Å². The lowest BCUT2D eigenvalue weighted by atomic mass is 10.2. The number of nitrogens with zero attached hydrogens (tertiary/aromatic N) is 3. The number of carbonyl (C=O) groups excluding carboxylic acids is 1. The van der Waals surface area contributed by atoms with Crippen molar-refractivity contribution < 1.29 is 4.79 Å². The van der Waals surface area contributed by atoms with E-state index in [2.05, 4.69) is 36.3 Å². The van der Waals surface area contributed by atoms with E-state index in [1.54, 1.807) is 0 Å². The lowest BCUT2D eigenvalue weighted by Crippen LogP contribution is -2.38. The zero-order valence-corrected chi connectivity index (χ0v) is 12.7. The van der Waals surface area contributed by atoms with Crippen molar-refractivity contribution in [2.45, 2.75) is 46.1 Å². The van der Waals surface area contributed by atoms with Crippen LogP contribution in [0.15, 0.2) is 0 Å². The van der Waals surface area contributed by atoms with Crippen LogP contribution < -0.4 is 5.32 Å². The molecule has 1 amide bonds. The van der Waals surface area contributed by atoms with Crippen molar-refractivity contribution in [3.05, 3.63) is 5.01 Å². The van der Waals surface area contributed by atoms with E-state index < -0.39 is 0 Å². The van der Waals surface area contributed by atoms with Crippen LogP contribution in [-0.2, 0) is 0 Å². The highest BCUT2D eigenvalue weighted by Crippen LogP contribution is 2.31. The van der Waals surface area contributed by atoms with Crippen LogP contribution in [0.25, 0.3) is 0 Å². The molecule has 1 N–H and O–H groups in total. The fourth-order valence-electron chi connectivity index (χ4n) is 1.84. The number of hydrogen-bond acceptors (Lipinski definition) is 5. The maximum atomic E-state index is 12.4. The molecule has 2 rings (SSSR count). The molecule has 19 heavy (non-hydrogen) atoms. The number of nitrogens with one attached hydrogen (secondary N) is 1. The Labute approximate surface area is 118 Å². The second-order valence-electron chi connectivity index (χ2n) is 5.33. The van der Waals surface area contributed by atoms with E-state index in [0.717, 1.165) is 24.6 Å². The summed E-state index contributed by atoms with van der Waals surface area (Å²) in [6.07, 6.45) is 3.52. The second-order valence-corrected chi connectivity index (χ2v) is 6.31. The summed E-state index contributed by atoms with van der Waals surface area (Å²) in [5, 5.41) is 12.4. The van der Waals surface area contributed by atoms with Crippen LogP contribution in [0.3, 0.4) is 0 Å². The van der Waals surface area contributed by atoms with Gasteiger partial charge >= 0.3 is 0 Å². The van der Waals surface area contributed by atoms with E-state index in [0.29, 0.717) is 10.9 Å². The molecule has 0 aromatic carbocycles. The second kappa shape index (κ2) is 6.32. The molecule has 0 bridgehead atoms. The van der Waals surface area contributed by atoms with Gasteiger partial charge in [0, 0.05) is 19.1 Å². The number of rotatable bonds is 7. The van der Waals surface area contributed by atoms with Gasteiger partial charge in [-0.05, 0) is 39.0 Å². The maximum Gasteiger partial charge on any atom is 0.285 e. The number of amides is 1. The van der Waals surface area contributed by atoms with Gasteiger partial charge in [-0.3, -0.25) is 4.79 Å². The highest BCUT2D eigenvalue weighted by Gasteiger charge is 2.30. The summed E-state index contributed by atoms with van der Waals surface area (Å²) in [5.41, 5.74) is 0. The monoisotopic (exact) mass is 282 g/mol. The molecule has 1 heterocycles. The molecule has 0 unspecified atom stereocenters. The van der Waals surface area contributed by atoms with Gasteiger partial charge in [0.1, 0.15) is 0 Å². The van der Waals surface area contributed by atoms with E-state index in [-0.39, 0.29) is 11.9 Å². The van der Waals surface area contributed by atoms with E-state index >= 15 is 0 Å². The SMILES string of the molecule is CCCNc1nnc(C(=O)N(CC2CC2)C(C)C)s1. The maximum absolute atomic E-state index is 12.4. The van der Waals surface area contributed by atoms with Crippen LogP contribution in [0, 0.1) is 5.92 Å². The summed E-state index contributed by atoms with van der Waals surface area (Å²) in [4.78, 5) is 14.4. The molecule has 1 aliphatic carbocycles. The van der Waals surface area contributed by atoms with Crippen LogP contribution in [0.2, 0.25) is 0 Å². The number of anilines is 1. The Balaban J connectivity index is 2.01. The number of aromatic nitrogens is 2. The molecule has 106 valence electrons. The van der Waals surface area contributed by atoms with E-state index in [4.69, 9.17) is 0 Å². The Kier molecular flexibility index (Phi) is 4.74. The topological polar surface area (TPSA) is 58.1 Å². The van der Waals surface area contributed by atoms with Crippen molar-refractivity contribution in [3.63, 3.8) is 0 Å². The van der Waals surface area contributed by atoms with Crippen LogP contribution in [-0.4, -0.2) is 40.1 Å². The van der Waals surface area contributed by atoms with Crippen molar-refractivity contribution in [2.24, 2.45) is 5.92 Å². The quantitative estimate of drug-likeness (QED) is 0.835. The average Bonchev–Trinajstić information content (AvgIpc) is 3.08. The lowest BCUT2D eigenvalue weighted by Gasteiger charge is -2.25. The summed E-state index contributed by atoms with van der Waals surface area (Å²) in [6, 6.07) is 0.212. The minimum absolute atomic E-state index is 0.0175. The highest BCUT2D eigenvalue weighted by atomic mass is 32.1. The molecule has 0 spiro atoms. The Morgan fingerprint density at radius 3 is 2.79 bits per heavy atom. The largest absolute Gasteiger partial charge is 0.360 e. The molecule has 0 radical (unpaired) electrons. The van der Waals surface area contributed by atoms with Crippen molar-refractivity contribution in [3.8, 4) is 0 Å². The Morgan fingerprint density at radius 2 is 2.21 bits per heavy atom. The first kappa shape index (κ1) is 14.2. The predicted octanol–water partition coefficient (Wildman–Crippen LogP) is 2.62. The molecule has 1 aromatic heterocycles. The summed E-state index contributed by atoms with van der Waals surface area (Å²) in [5.74, 6) is 0.709. The van der Waals surface area contributed by atoms with Crippen molar-refractivity contribution in [1.82, 2.24) is 15.1 Å². The summed E-state index contributed by atoms with van der Waals surface area (Å²) in [6.45, 7) is 7.91. The lowest BCUT2D eigenvalue weighted by molar-refractivity contribution is 0.0695. The van der Waals surface area contributed by atoms with Gasteiger partial charge in [0.25, 0.3) is 5.91 Å². The standard InChI is InChI=1S/C13H22N4OS/c1-4-7-14-13-16-15-11(19-13)12(18)17(9(2)3)8-10-5-6-10/h9-10H,4-8H2,1-3H3,(H,14,16). The molecular formula is C13H22N4OS. The van der Waals surface area contributed by atoms with E-state index in [9.17, 15) is 4.79 Å².